The lowest BCUT2D eigenvalue weighted by atomic mass is 9.94. The smallest absolute Gasteiger partial charge is 0.271 e. The van der Waals surface area contributed by atoms with Gasteiger partial charge in [0.05, 0.1) is 6.10 Å². The Bertz CT molecular complexity index is 1100. The summed E-state index contributed by atoms with van der Waals surface area (Å²) in [4.78, 5) is 26.8. The summed E-state index contributed by atoms with van der Waals surface area (Å²) in [7, 11) is 0. The molecule has 0 spiro atoms. The number of amides is 2. The van der Waals surface area contributed by atoms with Crippen molar-refractivity contribution in [2.75, 3.05) is 13.2 Å². The van der Waals surface area contributed by atoms with Crippen LogP contribution < -0.4 is 0 Å². The predicted molar refractivity (Wildman–Crippen MR) is 118 cm³/mol. The number of nitriles is 1. The third-order valence-corrected chi connectivity index (χ3v) is 5.06. The highest BCUT2D eigenvalue weighted by molar-refractivity contribution is 6.30. The first-order valence-electron chi connectivity index (χ1n) is 9.98. The van der Waals surface area contributed by atoms with Crippen LogP contribution in [-0.2, 0) is 14.3 Å². The first-order valence-corrected chi connectivity index (χ1v) is 10.4. The van der Waals surface area contributed by atoms with Crippen LogP contribution in [0.15, 0.2) is 57.5 Å². The van der Waals surface area contributed by atoms with Crippen LogP contribution in [0, 0.1) is 11.3 Å². The van der Waals surface area contributed by atoms with Gasteiger partial charge in [-0.2, -0.15) is 5.26 Å². The third-order valence-electron chi connectivity index (χ3n) is 4.83. The molecular weight excluding hydrogens is 416 g/mol. The molecule has 0 aliphatic carbocycles. The van der Waals surface area contributed by atoms with Crippen LogP contribution in [0.5, 0.6) is 0 Å². The van der Waals surface area contributed by atoms with Gasteiger partial charge in [0.1, 0.15) is 23.2 Å². The zero-order valence-electron chi connectivity index (χ0n) is 17.6. The fraction of sp³-hybridized carbons (Fsp3) is 0.292. The first kappa shape index (κ1) is 22.5. The highest BCUT2D eigenvalue weighted by Gasteiger charge is 2.35. The minimum atomic E-state index is -0.578. The van der Waals surface area contributed by atoms with E-state index in [2.05, 4.69) is 0 Å². The lowest BCUT2D eigenvalue weighted by molar-refractivity contribution is -0.140. The van der Waals surface area contributed by atoms with Crippen LogP contribution in [0.3, 0.4) is 0 Å². The third kappa shape index (κ3) is 5.13. The summed E-state index contributed by atoms with van der Waals surface area (Å²) in [6.45, 7) is 6.02. The first-order chi connectivity index (χ1) is 14.8. The van der Waals surface area contributed by atoms with Crippen LogP contribution in [-0.4, -0.2) is 36.0 Å². The second-order valence-electron chi connectivity index (χ2n) is 7.42. The summed E-state index contributed by atoms with van der Waals surface area (Å²) >= 11 is 6.05. The number of furan rings is 1. The van der Waals surface area contributed by atoms with Gasteiger partial charge in [-0.05, 0) is 63.1 Å². The van der Waals surface area contributed by atoms with Crippen LogP contribution in [0.25, 0.3) is 17.4 Å². The monoisotopic (exact) mass is 438 g/mol. The van der Waals surface area contributed by atoms with Crippen molar-refractivity contribution in [2.45, 2.75) is 33.3 Å². The van der Waals surface area contributed by atoms with Gasteiger partial charge in [0.2, 0.25) is 0 Å². The molecule has 0 saturated carbocycles. The quantitative estimate of drug-likeness (QED) is 0.345. The van der Waals surface area contributed by atoms with E-state index in [4.69, 9.17) is 20.8 Å². The molecule has 0 radical (unpaired) electrons. The number of nitrogens with zero attached hydrogens (tertiary/aromatic N) is 2. The Hall–Kier alpha value is -3.14. The van der Waals surface area contributed by atoms with E-state index in [1.165, 1.54) is 0 Å². The average Bonchev–Trinajstić information content (AvgIpc) is 3.19. The van der Waals surface area contributed by atoms with Gasteiger partial charge in [0.25, 0.3) is 11.8 Å². The molecule has 2 heterocycles. The number of imide groups is 1. The second-order valence-corrected chi connectivity index (χ2v) is 7.85. The minimum absolute atomic E-state index is 0.0442. The Morgan fingerprint density at radius 1 is 1.23 bits per heavy atom. The summed E-state index contributed by atoms with van der Waals surface area (Å²) in [5.41, 5.74) is 1.36. The van der Waals surface area contributed by atoms with Crippen LogP contribution in [0.1, 0.15) is 33.0 Å². The Kier molecular flexibility index (Phi) is 7.11. The van der Waals surface area contributed by atoms with Crippen LogP contribution in [0.2, 0.25) is 5.02 Å². The van der Waals surface area contributed by atoms with Crippen molar-refractivity contribution in [2.24, 2.45) is 0 Å². The van der Waals surface area contributed by atoms with E-state index in [0.717, 1.165) is 10.5 Å². The van der Waals surface area contributed by atoms with Gasteiger partial charge in [-0.15, -0.1) is 0 Å². The maximum Gasteiger partial charge on any atom is 0.271 e. The van der Waals surface area contributed by atoms with Crippen molar-refractivity contribution in [1.29, 1.82) is 5.26 Å². The summed E-state index contributed by atoms with van der Waals surface area (Å²) in [6.07, 6.45) is 2.11. The maximum atomic E-state index is 13.1. The molecular formula is C24H23ClN2O4. The van der Waals surface area contributed by atoms with E-state index >= 15 is 0 Å². The molecule has 1 aliphatic heterocycles. The second kappa shape index (κ2) is 9.78. The topological polar surface area (TPSA) is 83.5 Å². The Balaban J connectivity index is 1.89. The van der Waals surface area contributed by atoms with Crippen molar-refractivity contribution < 1.29 is 18.7 Å². The zero-order chi connectivity index (χ0) is 22.5. The summed E-state index contributed by atoms with van der Waals surface area (Å²) in [6, 6.07) is 12.7. The number of halogens is 1. The molecule has 0 fully saturated rings. The minimum Gasteiger partial charge on any atom is -0.457 e. The number of ether oxygens (including phenoxy) is 1. The van der Waals surface area contributed by atoms with Crippen molar-refractivity contribution in [3.63, 3.8) is 0 Å². The molecule has 0 bridgehead atoms. The molecule has 2 amide bonds. The molecule has 7 heteroatoms. The van der Waals surface area contributed by atoms with Gasteiger partial charge >= 0.3 is 0 Å². The maximum absolute atomic E-state index is 13.1. The zero-order valence-corrected chi connectivity index (χ0v) is 18.4. The fourth-order valence-corrected chi connectivity index (χ4v) is 3.43. The number of benzene rings is 1. The molecule has 0 unspecified atom stereocenters. The van der Waals surface area contributed by atoms with E-state index in [-0.39, 0.29) is 23.8 Å². The van der Waals surface area contributed by atoms with Gasteiger partial charge in [-0.1, -0.05) is 23.7 Å². The van der Waals surface area contributed by atoms with E-state index < -0.39 is 11.8 Å². The SMILES string of the molecule is CC1=C(C#N)C(=O)N(CCCOC(C)C)C(=O)/C1=C/c1ccc(-c2cccc(Cl)c2)o1. The highest BCUT2D eigenvalue weighted by Crippen LogP contribution is 2.30. The summed E-state index contributed by atoms with van der Waals surface area (Å²) in [5, 5.41) is 10.1. The molecule has 1 aliphatic rings. The Morgan fingerprint density at radius 2 is 2.00 bits per heavy atom. The van der Waals surface area contributed by atoms with E-state index in [1.807, 2.05) is 32.0 Å². The molecule has 3 rings (SSSR count). The van der Waals surface area contributed by atoms with Crippen molar-refractivity contribution in [1.82, 2.24) is 4.90 Å². The lowest BCUT2D eigenvalue weighted by Gasteiger charge is -2.27. The summed E-state index contributed by atoms with van der Waals surface area (Å²) in [5.74, 6) is 0.00318. The van der Waals surface area contributed by atoms with E-state index in [9.17, 15) is 14.9 Å². The predicted octanol–water partition coefficient (Wildman–Crippen LogP) is 5.01. The number of rotatable bonds is 7. The largest absolute Gasteiger partial charge is 0.457 e. The van der Waals surface area contributed by atoms with Crippen molar-refractivity contribution >= 4 is 29.5 Å². The van der Waals surface area contributed by atoms with Crippen LogP contribution >= 0.6 is 11.6 Å². The standard InChI is InChI=1S/C24H23ClN2O4/c1-15(2)30-11-5-10-27-23(28)20(16(3)21(14-26)24(27)29)13-19-8-9-22(31-19)17-6-4-7-18(25)12-17/h4,6-9,12-13,15H,5,10-11H2,1-3H3/b20-13+. The van der Waals surface area contributed by atoms with Gasteiger partial charge < -0.3 is 9.15 Å². The molecule has 31 heavy (non-hydrogen) atoms. The molecule has 0 N–H and O–H groups in total. The van der Waals surface area contributed by atoms with Gasteiger partial charge in [-0.3, -0.25) is 14.5 Å². The average molecular weight is 439 g/mol. The lowest BCUT2D eigenvalue weighted by Crippen LogP contribution is -2.43. The molecule has 1 aromatic carbocycles. The number of hydrogen-bond acceptors (Lipinski definition) is 5. The van der Waals surface area contributed by atoms with Gasteiger partial charge in [0.15, 0.2) is 0 Å². The van der Waals surface area contributed by atoms with E-state index in [1.54, 1.807) is 37.3 Å². The number of hydrogen-bond donors (Lipinski definition) is 0. The molecule has 6 nitrogen and oxygen atoms in total. The number of carbonyl (C=O) groups is 2. The Labute approximate surface area is 186 Å². The number of carbonyl (C=O) groups excluding carboxylic acids is 2. The fourth-order valence-electron chi connectivity index (χ4n) is 3.24. The molecule has 0 atom stereocenters. The van der Waals surface area contributed by atoms with Crippen molar-refractivity contribution in [3.8, 4) is 17.4 Å². The molecule has 1 aromatic heterocycles. The van der Waals surface area contributed by atoms with Crippen LogP contribution in [0.4, 0.5) is 0 Å². The van der Waals surface area contributed by atoms with E-state index in [0.29, 0.717) is 35.1 Å². The highest BCUT2D eigenvalue weighted by atomic mass is 35.5. The Morgan fingerprint density at radius 3 is 2.68 bits per heavy atom. The molecule has 2 aromatic rings. The summed E-state index contributed by atoms with van der Waals surface area (Å²) < 4.78 is 11.4. The molecule has 160 valence electrons. The molecule has 0 saturated heterocycles. The van der Waals surface area contributed by atoms with Gasteiger partial charge in [-0.25, -0.2) is 0 Å². The van der Waals surface area contributed by atoms with Gasteiger partial charge in [0, 0.05) is 29.3 Å². The van der Waals surface area contributed by atoms with Crippen molar-refractivity contribution in [3.05, 3.63) is 63.9 Å². The normalized spacial score (nSPS) is 15.9.